The summed E-state index contributed by atoms with van der Waals surface area (Å²) in [7, 11) is 0. The Morgan fingerprint density at radius 1 is 1.23 bits per heavy atom. The van der Waals surface area contributed by atoms with Gasteiger partial charge in [-0.2, -0.15) is 0 Å². The van der Waals surface area contributed by atoms with Crippen molar-refractivity contribution in [1.82, 2.24) is 0 Å². The van der Waals surface area contributed by atoms with Crippen molar-refractivity contribution in [2.75, 3.05) is 0 Å². The number of hydrogen-bond acceptors (Lipinski definition) is 2. The first-order valence-electron chi connectivity index (χ1n) is 8.54. The Morgan fingerprint density at radius 2 is 2.00 bits per heavy atom. The van der Waals surface area contributed by atoms with Crippen molar-refractivity contribution < 1.29 is 9.53 Å². The molecule has 2 aliphatic carbocycles. The van der Waals surface area contributed by atoms with Gasteiger partial charge in [-0.15, -0.1) is 0 Å². The van der Waals surface area contributed by atoms with Gasteiger partial charge in [-0.05, 0) is 73.6 Å². The summed E-state index contributed by atoms with van der Waals surface area (Å²) in [5, 5.41) is 0. The van der Waals surface area contributed by atoms with Crippen molar-refractivity contribution in [2.24, 2.45) is 5.41 Å². The zero-order valence-electron chi connectivity index (χ0n) is 13.7. The number of allylic oxidation sites excluding steroid dienone is 1. The first-order valence-corrected chi connectivity index (χ1v) is 8.54. The molecule has 0 heterocycles. The molecule has 0 spiro atoms. The van der Waals surface area contributed by atoms with Crippen LogP contribution < -0.4 is 0 Å². The second-order valence-corrected chi connectivity index (χ2v) is 7.48. The molecule has 0 atom stereocenters. The van der Waals surface area contributed by atoms with Gasteiger partial charge in [0.2, 0.25) is 0 Å². The van der Waals surface area contributed by atoms with E-state index < -0.39 is 0 Å². The van der Waals surface area contributed by atoms with Gasteiger partial charge in [0.1, 0.15) is 6.10 Å². The highest BCUT2D eigenvalue weighted by atomic mass is 16.5. The first kappa shape index (κ1) is 15.3. The Labute approximate surface area is 133 Å². The Morgan fingerprint density at radius 3 is 2.77 bits per heavy atom. The molecule has 1 aromatic rings. The van der Waals surface area contributed by atoms with Gasteiger partial charge in [-0.25, -0.2) is 4.79 Å². The summed E-state index contributed by atoms with van der Waals surface area (Å²) in [4.78, 5) is 12.4. The van der Waals surface area contributed by atoms with Crippen molar-refractivity contribution in [3.8, 4) is 0 Å². The average Bonchev–Trinajstić information content (AvgIpc) is 2.73. The van der Waals surface area contributed by atoms with Crippen molar-refractivity contribution in [3.63, 3.8) is 0 Å². The number of carbonyl (C=O) groups is 1. The molecule has 0 radical (unpaired) electrons. The van der Waals surface area contributed by atoms with Gasteiger partial charge in [0.25, 0.3) is 0 Å². The topological polar surface area (TPSA) is 26.3 Å². The van der Waals surface area contributed by atoms with Crippen molar-refractivity contribution in [3.05, 3.63) is 41.0 Å². The summed E-state index contributed by atoms with van der Waals surface area (Å²) in [6.45, 7) is 4.59. The monoisotopic (exact) mass is 298 g/mol. The van der Waals surface area contributed by atoms with Gasteiger partial charge in [-0.1, -0.05) is 32.1 Å². The lowest BCUT2D eigenvalue weighted by Gasteiger charge is -2.33. The van der Waals surface area contributed by atoms with Gasteiger partial charge >= 0.3 is 5.97 Å². The number of fused-ring (bicyclic) bond motifs is 1. The van der Waals surface area contributed by atoms with Crippen LogP contribution in [0.4, 0.5) is 0 Å². The van der Waals surface area contributed by atoms with Gasteiger partial charge in [0.05, 0.1) is 5.56 Å². The van der Waals surface area contributed by atoms with Crippen LogP contribution in [-0.4, -0.2) is 12.1 Å². The number of hydrogen-bond donors (Lipinski definition) is 0. The third-order valence-electron chi connectivity index (χ3n) is 5.05. The molecule has 1 aromatic carbocycles. The molecule has 3 rings (SSSR count). The normalized spacial score (nSPS) is 21.0. The molecule has 0 unspecified atom stereocenters. The van der Waals surface area contributed by atoms with Crippen LogP contribution in [0, 0.1) is 5.41 Å². The lowest BCUT2D eigenvalue weighted by atomic mass is 9.76. The number of benzene rings is 1. The molecule has 2 heteroatoms. The summed E-state index contributed by atoms with van der Waals surface area (Å²) in [6, 6.07) is 5.99. The van der Waals surface area contributed by atoms with Gasteiger partial charge in [0, 0.05) is 0 Å². The van der Waals surface area contributed by atoms with E-state index in [1.165, 1.54) is 11.1 Å². The average molecular weight is 298 g/mol. The number of ether oxygens (including phenoxy) is 1. The van der Waals surface area contributed by atoms with E-state index in [4.69, 9.17) is 4.74 Å². The first-order chi connectivity index (χ1) is 10.5. The Kier molecular flexibility index (Phi) is 4.37. The standard InChI is InChI=1S/C20H26O2/c1-20(2)12-10-18(11-13-20)22-19(21)17-9-8-15-6-4-3-5-7-16(15)14-17/h4,6,8-9,14,18H,3,5,7,10-13H2,1-2H3. The summed E-state index contributed by atoms with van der Waals surface area (Å²) in [5.74, 6) is -0.152. The van der Waals surface area contributed by atoms with E-state index in [1.54, 1.807) is 0 Å². The molecule has 0 aliphatic heterocycles. The molecule has 0 saturated heterocycles. The maximum absolute atomic E-state index is 12.4. The quantitative estimate of drug-likeness (QED) is 0.705. The van der Waals surface area contributed by atoms with Crippen LogP contribution in [0.25, 0.3) is 6.08 Å². The van der Waals surface area contributed by atoms with Gasteiger partial charge < -0.3 is 4.74 Å². The minimum Gasteiger partial charge on any atom is -0.459 e. The summed E-state index contributed by atoms with van der Waals surface area (Å²) in [5.41, 5.74) is 3.62. The SMILES string of the molecule is CC1(C)CCC(OC(=O)c2ccc3c(c2)CCCC=C3)CC1. The molecule has 22 heavy (non-hydrogen) atoms. The fourth-order valence-corrected chi connectivity index (χ4v) is 3.44. The fraction of sp³-hybridized carbons (Fsp3) is 0.550. The highest BCUT2D eigenvalue weighted by Crippen LogP contribution is 2.36. The van der Waals surface area contributed by atoms with E-state index >= 15 is 0 Å². The van der Waals surface area contributed by atoms with E-state index in [9.17, 15) is 4.79 Å². The smallest absolute Gasteiger partial charge is 0.338 e. The highest BCUT2D eigenvalue weighted by Gasteiger charge is 2.29. The maximum atomic E-state index is 12.4. The van der Waals surface area contributed by atoms with Crippen LogP contribution in [0.15, 0.2) is 24.3 Å². The van der Waals surface area contributed by atoms with Crippen molar-refractivity contribution in [2.45, 2.75) is 64.9 Å². The molecule has 118 valence electrons. The zero-order chi connectivity index (χ0) is 15.6. The van der Waals surface area contributed by atoms with Crippen LogP contribution >= 0.6 is 0 Å². The van der Waals surface area contributed by atoms with E-state index in [-0.39, 0.29) is 12.1 Å². The maximum Gasteiger partial charge on any atom is 0.338 e. The minimum atomic E-state index is -0.152. The second-order valence-electron chi connectivity index (χ2n) is 7.48. The van der Waals surface area contributed by atoms with Crippen LogP contribution in [0.5, 0.6) is 0 Å². The van der Waals surface area contributed by atoms with E-state index in [1.807, 2.05) is 12.1 Å². The van der Waals surface area contributed by atoms with Crippen LogP contribution in [0.3, 0.4) is 0 Å². The molecular formula is C20H26O2. The van der Waals surface area contributed by atoms with Gasteiger partial charge in [-0.3, -0.25) is 0 Å². The van der Waals surface area contributed by atoms with E-state index in [0.717, 1.165) is 44.9 Å². The Balaban J connectivity index is 1.66. The highest BCUT2D eigenvalue weighted by molar-refractivity contribution is 5.90. The molecule has 1 fully saturated rings. The predicted octanol–water partition coefficient (Wildman–Crippen LogP) is 5.16. The van der Waals surface area contributed by atoms with Crippen molar-refractivity contribution >= 4 is 12.0 Å². The number of rotatable bonds is 2. The molecule has 1 saturated carbocycles. The molecular weight excluding hydrogens is 272 g/mol. The number of carbonyl (C=O) groups excluding carboxylic acids is 1. The molecule has 0 aromatic heterocycles. The summed E-state index contributed by atoms with van der Waals surface area (Å²) in [6.07, 6.45) is 12.1. The second kappa shape index (κ2) is 6.28. The van der Waals surface area contributed by atoms with Crippen LogP contribution in [-0.2, 0) is 11.2 Å². The molecule has 0 amide bonds. The van der Waals surface area contributed by atoms with Crippen molar-refractivity contribution in [1.29, 1.82) is 0 Å². The predicted molar refractivity (Wildman–Crippen MR) is 89.9 cm³/mol. The molecule has 0 N–H and O–H groups in total. The Bertz CT molecular complexity index is 573. The zero-order valence-corrected chi connectivity index (χ0v) is 13.7. The molecule has 2 aliphatic rings. The summed E-state index contributed by atoms with van der Waals surface area (Å²) >= 11 is 0. The van der Waals surface area contributed by atoms with E-state index in [0.29, 0.717) is 11.0 Å². The van der Waals surface area contributed by atoms with Crippen LogP contribution in [0.2, 0.25) is 0 Å². The molecule has 2 nitrogen and oxygen atoms in total. The summed E-state index contributed by atoms with van der Waals surface area (Å²) < 4.78 is 5.74. The third kappa shape index (κ3) is 3.60. The van der Waals surface area contributed by atoms with Gasteiger partial charge in [0.15, 0.2) is 0 Å². The number of aryl methyl sites for hydroxylation is 1. The lowest BCUT2D eigenvalue weighted by molar-refractivity contribution is 0.00950. The van der Waals surface area contributed by atoms with Crippen LogP contribution in [0.1, 0.15) is 73.9 Å². The van der Waals surface area contributed by atoms with E-state index in [2.05, 4.69) is 32.1 Å². The lowest BCUT2D eigenvalue weighted by Crippen LogP contribution is -2.28. The third-order valence-corrected chi connectivity index (χ3v) is 5.05. The minimum absolute atomic E-state index is 0.0965. The molecule has 0 bridgehead atoms. The largest absolute Gasteiger partial charge is 0.459 e. The fourth-order valence-electron chi connectivity index (χ4n) is 3.44. The number of esters is 1. The Hall–Kier alpha value is -1.57.